The van der Waals surface area contributed by atoms with Crippen molar-refractivity contribution in [1.29, 1.82) is 0 Å². The number of carbonyl (C=O) groups is 3. The van der Waals surface area contributed by atoms with Gasteiger partial charge in [0.25, 0.3) is 0 Å². The first kappa shape index (κ1) is 23.8. The van der Waals surface area contributed by atoms with E-state index in [-0.39, 0.29) is 24.0 Å². The lowest BCUT2D eigenvalue weighted by Crippen LogP contribution is -2.35. The van der Waals surface area contributed by atoms with E-state index < -0.39 is 11.6 Å². The van der Waals surface area contributed by atoms with Crippen LogP contribution in [0.4, 0.5) is 16.2 Å². The molecule has 2 saturated heterocycles. The van der Waals surface area contributed by atoms with Crippen LogP contribution in [0.15, 0.2) is 18.2 Å². The van der Waals surface area contributed by atoms with Crippen molar-refractivity contribution in [2.24, 2.45) is 5.92 Å². The molecule has 2 atom stereocenters. The Morgan fingerprint density at radius 2 is 1.94 bits per heavy atom. The SMILES string of the molecule is COC(=O)c1ccc(NC(=O)C[C@@H]2CCN(C(=O)OC(C)(C)C)C2)c(NC[C@@H]2CCO2)c1. The number of ether oxygens (including phenoxy) is 3. The highest BCUT2D eigenvalue weighted by Crippen LogP contribution is 2.27. The fourth-order valence-electron chi connectivity index (χ4n) is 3.67. The number of anilines is 2. The number of amides is 2. The second kappa shape index (κ2) is 10.2. The molecule has 0 bridgehead atoms. The van der Waals surface area contributed by atoms with E-state index in [1.807, 2.05) is 20.8 Å². The minimum atomic E-state index is -0.545. The Morgan fingerprint density at radius 3 is 2.56 bits per heavy atom. The maximum atomic E-state index is 12.7. The largest absolute Gasteiger partial charge is 0.465 e. The lowest BCUT2D eigenvalue weighted by molar-refractivity contribution is -0.117. The topological polar surface area (TPSA) is 106 Å². The molecule has 0 spiro atoms. The van der Waals surface area contributed by atoms with Crippen LogP contribution in [0.3, 0.4) is 0 Å². The molecule has 9 heteroatoms. The van der Waals surface area contributed by atoms with Crippen LogP contribution < -0.4 is 10.6 Å². The van der Waals surface area contributed by atoms with Crippen LogP contribution in [-0.4, -0.2) is 67.9 Å². The molecule has 1 aromatic carbocycles. The quantitative estimate of drug-likeness (QED) is 0.618. The Kier molecular flexibility index (Phi) is 7.60. The zero-order chi connectivity index (χ0) is 23.3. The van der Waals surface area contributed by atoms with Gasteiger partial charge in [0.05, 0.1) is 30.2 Å². The molecule has 9 nitrogen and oxygen atoms in total. The third kappa shape index (κ3) is 6.59. The van der Waals surface area contributed by atoms with E-state index in [4.69, 9.17) is 14.2 Å². The third-order valence-corrected chi connectivity index (χ3v) is 5.44. The third-order valence-electron chi connectivity index (χ3n) is 5.44. The molecule has 2 amide bonds. The van der Waals surface area contributed by atoms with Gasteiger partial charge in [0.15, 0.2) is 0 Å². The Hall–Kier alpha value is -2.81. The fraction of sp³-hybridized carbons (Fsp3) is 0.609. The number of likely N-dealkylation sites (tertiary alicyclic amines) is 1. The van der Waals surface area contributed by atoms with Crippen LogP contribution in [-0.2, 0) is 19.0 Å². The number of hydrogen-bond acceptors (Lipinski definition) is 7. The van der Waals surface area contributed by atoms with Crippen molar-refractivity contribution in [2.45, 2.75) is 51.7 Å². The van der Waals surface area contributed by atoms with E-state index in [9.17, 15) is 14.4 Å². The Balaban J connectivity index is 1.58. The molecule has 32 heavy (non-hydrogen) atoms. The molecule has 0 radical (unpaired) electrons. The zero-order valence-electron chi connectivity index (χ0n) is 19.2. The maximum Gasteiger partial charge on any atom is 0.410 e. The van der Waals surface area contributed by atoms with E-state index in [0.717, 1.165) is 19.4 Å². The molecule has 0 saturated carbocycles. The lowest BCUT2D eigenvalue weighted by atomic mass is 10.0. The van der Waals surface area contributed by atoms with Gasteiger partial charge in [0.2, 0.25) is 5.91 Å². The highest BCUT2D eigenvalue weighted by molar-refractivity contribution is 5.97. The van der Waals surface area contributed by atoms with Crippen LogP contribution in [0.2, 0.25) is 0 Å². The van der Waals surface area contributed by atoms with E-state index >= 15 is 0 Å². The summed E-state index contributed by atoms with van der Waals surface area (Å²) in [4.78, 5) is 38.5. The Bertz CT molecular complexity index is 847. The Morgan fingerprint density at radius 1 is 1.19 bits per heavy atom. The zero-order valence-corrected chi connectivity index (χ0v) is 19.2. The van der Waals surface area contributed by atoms with Crippen molar-refractivity contribution in [3.05, 3.63) is 23.8 Å². The van der Waals surface area contributed by atoms with Crippen molar-refractivity contribution < 1.29 is 28.6 Å². The number of carbonyl (C=O) groups excluding carboxylic acids is 3. The summed E-state index contributed by atoms with van der Waals surface area (Å²) in [6, 6.07) is 4.97. The van der Waals surface area contributed by atoms with Gasteiger partial charge in [-0.05, 0) is 57.7 Å². The van der Waals surface area contributed by atoms with Gasteiger partial charge in [-0.1, -0.05) is 0 Å². The van der Waals surface area contributed by atoms with Crippen molar-refractivity contribution in [3.63, 3.8) is 0 Å². The molecule has 2 aliphatic heterocycles. The van der Waals surface area contributed by atoms with Crippen molar-refractivity contribution in [1.82, 2.24) is 4.90 Å². The average Bonchev–Trinajstić information content (AvgIpc) is 3.14. The minimum Gasteiger partial charge on any atom is -0.465 e. The molecule has 0 aromatic heterocycles. The Labute approximate surface area is 188 Å². The number of esters is 1. The highest BCUT2D eigenvalue weighted by Gasteiger charge is 2.31. The number of benzene rings is 1. The van der Waals surface area contributed by atoms with Crippen molar-refractivity contribution in [2.75, 3.05) is 44.0 Å². The minimum absolute atomic E-state index is 0.0663. The first-order valence-corrected chi connectivity index (χ1v) is 11.0. The van der Waals surface area contributed by atoms with E-state index in [0.29, 0.717) is 43.0 Å². The van der Waals surface area contributed by atoms with Gasteiger partial charge in [-0.3, -0.25) is 4.79 Å². The number of nitrogens with one attached hydrogen (secondary N) is 2. The molecule has 2 aliphatic rings. The van der Waals surface area contributed by atoms with Crippen molar-refractivity contribution >= 4 is 29.3 Å². The summed E-state index contributed by atoms with van der Waals surface area (Å²) in [6.45, 7) is 7.91. The second-order valence-electron chi connectivity index (χ2n) is 9.25. The standard InChI is InChI=1S/C23H33N3O6/c1-23(2,3)32-22(29)26-9-7-15(14-26)11-20(27)25-18-6-5-16(21(28)30-4)12-19(18)24-13-17-8-10-31-17/h5-6,12,15,17,24H,7-11,13-14H2,1-4H3,(H,25,27)/t15-,17-/m0/s1. The first-order valence-electron chi connectivity index (χ1n) is 11.0. The molecule has 2 heterocycles. The monoisotopic (exact) mass is 447 g/mol. The molecule has 2 fully saturated rings. The van der Waals surface area contributed by atoms with Gasteiger partial charge in [0, 0.05) is 32.7 Å². The maximum absolute atomic E-state index is 12.7. The van der Waals surface area contributed by atoms with Crippen LogP contribution in [0.5, 0.6) is 0 Å². The highest BCUT2D eigenvalue weighted by atomic mass is 16.6. The van der Waals surface area contributed by atoms with E-state index in [1.54, 1.807) is 23.1 Å². The number of rotatable bonds is 7. The second-order valence-corrected chi connectivity index (χ2v) is 9.25. The average molecular weight is 448 g/mol. The predicted molar refractivity (Wildman–Crippen MR) is 120 cm³/mol. The summed E-state index contributed by atoms with van der Waals surface area (Å²) in [5.74, 6) is -0.523. The van der Waals surface area contributed by atoms with Crippen LogP contribution >= 0.6 is 0 Å². The smallest absolute Gasteiger partial charge is 0.410 e. The number of hydrogen-bond donors (Lipinski definition) is 2. The molecule has 0 aliphatic carbocycles. The van der Waals surface area contributed by atoms with Gasteiger partial charge >= 0.3 is 12.1 Å². The molecule has 2 N–H and O–H groups in total. The number of nitrogens with zero attached hydrogens (tertiary/aromatic N) is 1. The first-order chi connectivity index (χ1) is 15.1. The molecule has 176 valence electrons. The van der Waals surface area contributed by atoms with E-state index in [2.05, 4.69) is 10.6 Å². The summed E-state index contributed by atoms with van der Waals surface area (Å²) >= 11 is 0. The van der Waals surface area contributed by atoms with Gasteiger partial charge in [-0.2, -0.15) is 0 Å². The summed E-state index contributed by atoms with van der Waals surface area (Å²) in [6.07, 6.45) is 1.80. The lowest BCUT2D eigenvalue weighted by Gasteiger charge is -2.27. The van der Waals surface area contributed by atoms with Crippen LogP contribution in [0, 0.1) is 5.92 Å². The molecule has 0 unspecified atom stereocenters. The molecular formula is C23H33N3O6. The van der Waals surface area contributed by atoms with E-state index in [1.165, 1.54) is 7.11 Å². The van der Waals surface area contributed by atoms with Crippen LogP contribution in [0.25, 0.3) is 0 Å². The summed E-state index contributed by atoms with van der Waals surface area (Å²) < 4.78 is 15.7. The van der Waals surface area contributed by atoms with Gasteiger partial charge in [-0.25, -0.2) is 9.59 Å². The van der Waals surface area contributed by atoms with Crippen molar-refractivity contribution in [3.8, 4) is 0 Å². The normalized spacial score (nSPS) is 20.3. The summed E-state index contributed by atoms with van der Waals surface area (Å²) in [7, 11) is 1.33. The molecule has 1 aromatic rings. The van der Waals surface area contributed by atoms with Gasteiger partial charge < -0.3 is 29.7 Å². The predicted octanol–water partition coefficient (Wildman–Crippen LogP) is 3.26. The van der Waals surface area contributed by atoms with Gasteiger partial charge in [0.1, 0.15) is 5.60 Å². The summed E-state index contributed by atoms with van der Waals surface area (Å²) in [5, 5.41) is 6.19. The summed E-state index contributed by atoms with van der Waals surface area (Å²) in [5.41, 5.74) is 1.07. The van der Waals surface area contributed by atoms with Gasteiger partial charge in [-0.15, -0.1) is 0 Å². The fourth-order valence-corrected chi connectivity index (χ4v) is 3.67. The van der Waals surface area contributed by atoms with Crippen LogP contribution in [0.1, 0.15) is 50.4 Å². The molecule has 3 rings (SSSR count). The number of methoxy groups -OCH3 is 1. The molecular weight excluding hydrogens is 414 g/mol.